The van der Waals surface area contributed by atoms with Crippen LogP contribution in [0.3, 0.4) is 0 Å². The van der Waals surface area contributed by atoms with E-state index >= 15 is 0 Å². The van der Waals surface area contributed by atoms with E-state index in [2.05, 4.69) is 53.8 Å². The van der Waals surface area contributed by atoms with Gasteiger partial charge in [0.15, 0.2) is 0 Å². The van der Waals surface area contributed by atoms with Crippen molar-refractivity contribution in [2.45, 2.75) is 19.9 Å². The molecule has 0 fully saturated rings. The fourth-order valence-electron chi connectivity index (χ4n) is 2.10. The summed E-state index contributed by atoms with van der Waals surface area (Å²) in [6.45, 7) is 4.24. The maximum absolute atomic E-state index is 4.30. The highest BCUT2D eigenvalue weighted by molar-refractivity contribution is 7.17. The molecule has 0 saturated heterocycles. The van der Waals surface area contributed by atoms with Crippen LogP contribution in [-0.2, 0) is 0 Å². The maximum atomic E-state index is 4.30. The van der Waals surface area contributed by atoms with Gasteiger partial charge < -0.3 is 5.32 Å². The average molecular weight is 274 g/mol. The second kappa shape index (κ2) is 4.71. The number of thiophene rings is 1. The summed E-state index contributed by atoms with van der Waals surface area (Å²) in [5, 5.41) is 6.98. The normalized spacial score (nSPS) is 12.8. The summed E-state index contributed by atoms with van der Waals surface area (Å²) >= 11 is 3.49. The Kier molecular flexibility index (Phi) is 3.06. The minimum absolute atomic E-state index is 0.300. The number of hydrogen-bond donors (Lipinski definition) is 1. The zero-order chi connectivity index (χ0) is 12.5. The first kappa shape index (κ1) is 11.7. The summed E-state index contributed by atoms with van der Waals surface area (Å²) in [5.74, 6) is 0. The van der Waals surface area contributed by atoms with Crippen LogP contribution < -0.4 is 5.32 Å². The molecule has 0 radical (unpaired) electrons. The molecular formula is C14H14N2S2. The van der Waals surface area contributed by atoms with Crippen molar-refractivity contribution in [1.82, 2.24) is 4.98 Å². The Morgan fingerprint density at radius 3 is 2.89 bits per heavy atom. The number of thiazole rings is 1. The highest BCUT2D eigenvalue weighted by atomic mass is 32.1. The minimum atomic E-state index is 0.300. The van der Waals surface area contributed by atoms with E-state index in [-0.39, 0.29) is 0 Å². The molecule has 18 heavy (non-hydrogen) atoms. The van der Waals surface area contributed by atoms with E-state index in [1.807, 2.05) is 5.51 Å². The number of aromatic nitrogens is 1. The van der Waals surface area contributed by atoms with Gasteiger partial charge >= 0.3 is 0 Å². The van der Waals surface area contributed by atoms with E-state index in [0.717, 1.165) is 5.69 Å². The number of benzene rings is 1. The second-order valence-electron chi connectivity index (χ2n) is 4.34. The van der Waals surface area contributed by atoms with Crippen LogP contribution in [0.15, 0.2) is 35.2 Å². The van der Waals surface area contributed by atoms with Gasteiger partial charge in [-0.15, -0.1) is 22.7 Å². The van der Waals surface area contributed by atoms with Crippen molar-refractivity contribution < 1.29 is 0 Å². The number of aryl methyl sites for hydroxylation is 1. The van der Waals surface area contributed by atoms with Gasteiger partial charge in [0.1, 0.15) is 0 Å². The summed E-state index contributed by atoms with van der Waals surface area (Å²) in [6, 6.07) is 8.99. The Morgan fingerprint density at radius 1 is 1.22 bits per heavy atom. The van der Waals surface area contributed by atoms with Crippen molar-refractivity contribution in [1.29, 1.82) is 0 Å². The Bertz CT molecular complexity index is 669. The third kappa shape index (κ3) is 2.13. The van der Waals surface area contributed by atoms with Gasteiger partial charge in [-0.1, -0.05) is 0 Å². The molecule has 4 heteroatoms. The summed E-state index contributed by atoms with van der Waals surface area (Å²) in [6.07, 6.45) is 0. The topological polar surface area (TPSA) is 24.9 Å². The van der Waals surface area contributed by atoms with E-state index in [9.17, 15) is 0 Å². The van der Waals surface area contributed by atoms with E-state index < -0.39 is 0 Å². The fourth-order valence-corrected chi connectivity index (χ4v) is 3.68. The molecular weight excluding hydrogens is 260 g/mol. The number of rotatable bonds is 3. The smallest absolute Gasteiger partial charge is 0.0798 e. The molecule has 2 heterocycles. The molecule has 3 aromatic rings. The molecule has 0 bridgehead atoms. The largest absolute Gasteiger partial charge is 0.378 e. The van der Waals surface area contributed by atoms with Crippen molar-refractivity contribution in [2.24, 2.45) is 0 Å². The molecule has 3 rings (SSSR count). The molecule has 2 nitrogen and oxygen atoms in total. The second-order valence-corrected chi connectivity index (χ2v) is 6.18. The molecule has 1 N–H and O–H groups in total. The summed E-state index contributed by atoms with van der Waals surface area (Å²) in [7, 11) is 0. The van der Waals surface area contributed by atoms with E-state index in [1.54, 1.807) is 22.7 Å². The Morgan fingerprint density at radius 2 is 2.11 bits per heavy atom. The van der Waals surface area contributed by atoms with Crippen LogP contribution in [0.25, 0.3) is 10.1 Å². The van der Waals surface area contributed by atoms with E-state index in [1.165, 1.54) is 20.7 Å². The number of hydrogen-bond acceptors (Lipinski definition) is 4. The van der Waals surface area contributed by atoms with Crippen LogP contribution in [0.5, 0.6) is 0 Å². The molecule has 1 aromatic carbocycles. The van der Waals surface area contributed by atoms with Gasteiger partial charge in [-0.3, -0.25) is 0 Å². The highest BCUT2D eigenvalue weighted by Gasteiger charge is 2.10. The molecule has 1 unspecified atom stereocenters. The molecule has 0 aliphatic carbocycles. The lowest BCUT2D eigenvalue weighted by Crippen LogP contribution is -2.06. The molecule has 1 atom stereocenters. The zero-order valence-corrected chi connectivity index (χ0v) is 11.9. The third-order valence-electron chi connectivity index (χ3n) is 3.01. The molecule has 0 aliphatic rings. The van der Waals surface area contributed by atoms with Crippen LogP contribution in [0.1, 0.15) is 23.5 Å². The Labute approximate surface area is 114 Å². The first-order chi connectivity index (χ1) is 8.74. The van der Waals surface area contributed by atoms with Gasteiger partial charge in [0.2, 0.25) is 0 Å². The molecule has 2 aromatic heterocycles. The van der Waals surface area contributed by atoms with Gasteiger partial charge in [0, 0.05) is 15.3 Å². The quantitative estimate of drug-likeness (QED) is 0.739. The van der Waals surface area contributed by atoms with Crippen molar-refractivity contribution in [2.75, 3.05) is 5.32 Å². The predicted octanol–water partition coefficient (Wildman–Crippen LogP) is 4.84. The number of nitrogens with one attached hydrogen (secondary N) is 1. The Hall–Kier alpha value is -1.39. The van der Waals surface area contributed by atoms with Crippen molar-refractivity contribution in [3.05, 3.63) is 45.7 Å². The third-order valence-corrected chi connectivity index (χ3v) is 5.02. The zero-order valence-electron chi connectivity index (χ0n) is 10.3. The van der Waals surface area contributed by atoms with Gasteiger partial charge in [0.25, 0.3) is 0 Å². The maximum Gasteiger partial charge on any atom is 0.0798 e. The summed E-state index contributed by atoms with van der Waals surface area (Å²) in [5.41, 5.74) is 4.20. The standard InChI is InChI=1S/C14H14N2S2/c1-9-14(18-8-15-9)10(2)16-12-3-4-13-11(7-12)5-6-17-13/h3-8,10,16H,1-2H3. The van der Waals surface area contributed by atoms with E-state index in [4.69, 9.17) is 0 Å². The van der Waals surface area contributed by atoms with Gasteiger partial charge in [0.05, 0.1) is 17.2 Å². The van der Waals surface area contributed by atoms with Crippen molar-refractivity contribution in [3.63, 3.8) is 0 Å². The fraction of sp³-hybridized carbons (Fsp3) is 0.214. The summed E-state index contributed by atoms with van der Waals surface area (Å²) in [4.78, 5) is 5.61. The van der Waals surface area contributed by atoms with Crippen LogP contribution in [0, 0.1) is 6.92 Å². The SMILES string of the molecule is Cc1ncsc1C(C)Nc1ccc2sccc2c1. The predicted molar refractivity (Wildman–Crippen MR) is 80.7 cm³/mol. The first-order valence-electron chi connectivity index (χ1n) is 5.88. The molecule has 0 spiro atoms. The van der Waals surface area contributed by atoms with Crippen LogP contribution in [0.4, 0.5) is 5.69 Å². The van der Waals surface area contributed by atoms with Crippen LogP contribution in [0.2, 0.25) is 0 Å². The Balaban J connectivity index is 1.85. The van der Waals surface area contributed by atoms with Crippen LogP contribution >= 0.6 is 22.7 Å². The lowest BCUT2D eigenvalue weighted by molar-refractivity contribution is 0.891. The lowest BCUT2D eigenvalue weighted by Gasteiger charge is -2.14. The van der Waals surface area contributed by atoms with Crippen molar-refractivity contribution in [3.8, 4) is 0 Å². The van der Waals surface area contributed by atoms with Crippen LogP contribution in [-0.4, -0.2) is 4.98 Å². The summed E-state index contributed by atoms with van der Waals surface area (Å²) < 4.78 is 1.34. The average Bonchev–Trinajstić information content (AvgIpc) is 2.96. The van der Waals surface area contributed by atoms with Crippen molar-refractivity contribution >= 4 is 38.4 Å². The molecule has 0 amide bonds. The minimum Gasteiger partial charge on any atom is -0.378 e. The van der Waals surface area contributed by atoms with Gasteiger partial charge in [-0.2, -0.15) is 0 Å². The highest BCUT2D eigenvalue weighted by Crippen LogP contribution is 2.28. The van der Waals surface area contributed by atoms with E-state index in [0.29, 0.717) is 6.04 Å². The number of fused-ring (bicyclic) bond motifs is 1. The lowest BCUT2D eigenvalue weighted by atomic mass is 10.2. The van der Waals surface area contributed by atoms with Gasteiger partial charge in [-0.05, 0) is 48.9 Å². The van der Waals surface area contributed by atoms with Gasteiger partial charge in [-0.25, -0.2) is 4.98 Å². The first-order valence-corrected chi connectivity index (χ1v) is 7.64. The molecule has 0 aliphatic heterocycles. The number of nitrogens with zero attached hydrogens (tertiary/aromatic N) is 1. The molecule has 0 saturated carbocycles. The molecule has 92 valence electrons. The monoisotopic (exact) mass is 274 g/mol. The number of anilines is 1.